The van der Waals surface area contributed by atoms with Gasteiger partial charge in [-0.2, -0.15) is 5.26 Å². The number of aryl methyl sites for hydroxylation is 1. The van der Waals surface area contributed by atoms with Crippen LogP contribution in [0, 0.1) is 11.3 Å². The maximum atomic E-state index is 9.00. The van der Waals surface area contributed by atoms with E-state index < -0.39 is 0 Å². The van der Waals surface area contributed by atoms with E-state index in [1.807, 2.05) is 42.0 Å². The van der Waals surface area contributed by atoms with Crippen molar-refractivity contribution < 1.29 is 0 Å². The summed E-state index contributed by atoms with van der Waals surface area (Å²) in [6.07, 6.45) is 4.49. The molecule has 0 aliphatic carbocycles. The number of imidazole rings is 1. The van der Waals surface area contributed by atoms with Gasteiger partial charge in [0.2, 0.25) is 0 Å². The summed E-state index contributed by atoms with van der Waals surface area (Å²) in [6.45, 7) is 2.05. The molecule has 0 spiro atoms. The molecule has 15 heavy (non-hydrogen) atoms. The van der Waals surface area contributed by atoms with E-state index >= 15 is 0 Å². The van der Waals surface area contributed by atoms with Crippen molar-refractivity contribution >= 4 is 0 Å². The van der Waals surface area contributed by atoms with Gasteiger partial charge in [-0.25, -0.2) is 4.98 Å². The quantitative estimate of drug-likeness (QED) is 0.741. The molecule has 0 atom stereocenters. The fourth-order valence-electron chi connectivity index (χ4n) is 1.59. The molecular weight excluding hydrogens is 186 g/mol. The lowest BCUT2D eigenvalue weighted by Gasteiger charge is -2.07. The molecule has 0 N–H and O–H groups in total. The normalized spacial score (nSPS) is 9.87. The third kappa shape index (κ3) is 1.62. The molecular formula is C12H11N3. The summed E-state index contributed by atoms with van der Waals surface area (Å²) in [5.41, 5.74) is 1.57. The van der Waals surface area contributed by atoms with Gasteiger partial charge in [-0.15, -0.1) is 0 Å². The first-order valence-corrected chi connectivity index (χ1v) is 4.88. The summed E-state index contributed by atoms with van der Waals surface area (Å²) in [5.74, 6) is 0.970. The molecule has 0 saturated carbocycles. The van der Waals surface area contributed by atoms with Gasteiger partial charge < -0.3 is 4.57 Å². The Labute approximate surface area is 88.6 Å². The highest BCUT2D eigenvalue weighted by molar-refractivity contribution is 5.49. The fourth-order valence-corrected chi connectivity index (χ4v) is 1.59. The Morgan fingerprint density at radius 3 is 2.93 bits per heavy atom. The van der Waals surface area contributed by atoms with Crippen LogP contribution in [0.3, 0.4) is 0 Å². The van der Waals surface area contributed by atoms with Crippen molar-refractivity contribution in [2.24, 2.45) is 0 Å². The highest BCUT2D eigenvalue weighted by Crippen LogP contribution is 2.15. The molecule has 0 amide bonds. The van der Waals surface area contributed by atoms with Crippen LogP contribution in [0.1, 0.15) is 18.3 Å². The number of nitriles is 1. The van der Waals surface area contributed by atoms with E-state index in [1.54, 1.807) is 6.20 Å². The van der Waals surface area contributed by atoms with Crippen LogP contribution in [0.4, 0.5) is 0 Å². The number of rotatable bonds is 2. The minimum Gasteiger partial charge on any atom is -0.302 e. The van der Waals surface area contributed by atoms with E-state index in [-0.39, 0.29) is 0 Å². The third-order valence-corrected chi connectivity index (χ3v) is 2.32. The van der Waals surface area contributed by atoms with Crippen LogP contribution in [-0.4, -0.2) is 9.55 Å². The fraction of sp³-hybridized carbons (Fsp3) is 0.167. The van der Waals surface area contributed by atoms with Crippen LogP contribution < -0.4 is 0 Å². The molecule has 3 heteroatoms. The standard InChI is InChI=1S/C12H11N3/c1-2-12-14-7-8-15(12)11-6-4-3-5-10(11)9-13/h3-8H,2H2,1H3. The van der Waals surface area contributed by atoms with E-state index in [0.29, 0.717) is 5.56 Å². The molecule has 2 rings (SSSR count). The minimum absolute atomic E-state index is 0.671. The zero-order valence-electron chi connectivity index (χ0n) is 8.51. The Balaban J connectivity index is 2.59. The van der Waals surface area contributed by atoms with Gasteiger partial charge in [0, 0.05) is 18.8 Å². The van der Waals surface area contributed by atoms with Gasteiger partial charge in [0.1, 0.15) is 11.9 Å². The van der Waals surface area contributed by atoms with Crippen molar-refractivity contribution in [2.75, 3.05) is 0 Å². The lowest BCUT2D eigenvalue weighted by Crippen LogP contribution is -2.01. The molecule has 74 valence electrons. The van der Waals surface area contributed by atoms with Gasteiger partial charge in [-0.05, 0) is 12.1 Å². The van der Waals surface area contributed by atoms with Crippen LogP contribution in [0.5, 0.6) is 0 Å². The molecule has 1 heterocycles. The highest BCUT2D eigenvalue weighted by Gasteiger charge is 2.06. The van der Waals surface area contributed by atoms with Gasteiger partial charge >= 0.3 is 0 Å². The average molecular weight is 197 g/mol. The van der Waals surface area contributed by atoms with E-state index in [2.05, 4.69) is 11.1 Å². The van der Waals surface area contributed by atoms with Gasteiger partial charge in [0.25, 0.3) is 0 Å². The number of nitrogens with zero attached hydrogens (tertiary/aromatic N) is 3. The Hall–Kier alpha value is -2.08. The molecule has 0 aliphatic rings. The molecule has 3 nitrogen and oxygen atoms in total. The van der Waals surface area contributed by atoms with Crippen LogP contribution >= 0.6 is 0 Å². The molecule has 1 aromatic heterocycles. The average Bonchev–Trinajstić information content (AvgIpc) is 2.76. The Morgan fingerprint density at radius 2 is 2.20 bits per heavy atom. The largest absolute Gasteiger partial charge is 0.302 e. The summed E-state index contributed by atoms with van der Waals surface area (Å²) in [7, 11) is 0. The van der Waals surface area contributed by atoms with Gasteiger partial charge in [-0.3, -0.25) is 0 Å². The first-order valence-electron chi connectivity index (χ1n) is 4.88. The van der Waals surface area contributed by atoms with E-state index in [9.17, 15) is 0 Å². The maximum Gasteiger partial charge on any atom is 0.112 e. The van der Waals surface area contributed by atoms with Crippen LogP contribution in [0.25, 0.3) is 5.69 Å². The number of aromatic nitrogens is 2. The van der Waals surface area contributed by atoms with Crippen LogP contribution in [0.2, 0.25) is 0 Å². The molecule has 1 aromatic carbocycles. The van der Waals surface area contributed by atoms with Crippen molar-refractivity contribution in [3.63, 3.8) is 0 Å². The van der Waals surface area contributed by atoms with E-state index in [0.717, 1.165) is 17.9 Å². The molecule has 0 aliphatic heterocycles. The lowest BCUT2D eigenvalue weighted by atomic mass is 10.2. The topological polar surface area (TPSA) is 41.6 Å². The molecule has 0 bridgehead atoms. The van der Waals surface area contributed by atoms with Gasteiger partial charge in [0.15, 0.2) is 0 Å². The second-order valence-corrected chi connectivity index (χ2v) is 3.20. The smallest absolute Gasteiger partial charge is 0.112 e. The summed E-state index contributed by atoms with van der Waals surface area (Å²) in [4.78, 5) is 4.24. The van der Waals surface area contributed by atoms with Crippen molar-refractivity contribution in [2.45, 2.75) is 13.3 Å². The number of hydrogen-bond acceptors (Lipinski definition) is 2. The molecule has 0 unspecified atom stereocenters. The summed E-state index contributed by atoms with van der Waals surface area (Å²) < 4.78 is 1.96. The van der Waals surface area contributed by atoms with Gasteiger partial charge in [-0.1, -0.05) is 19.1 Å². The van der Waals surface area contributed by atoms with E-state index in [4.69, 9.17) is 5.26 Å². The molecule has 0 saturated heterocycles. The van der Waals surface area contributed by atoms with Crippen molar-refractivity contribution in [3.05, 3.63) is 48.0 Å². The predicted octanol–water partition coefficient (Wildman–Crippen LogP) is 2.31. The second kappa shape index (κ2) is 3.97. The number of para-hydroxylation sites is 1. The van der Waals surface area contributed by atoms with Crippen molar-refractivity contribution in [3.8, 4) is 11.8 Å². The maximum absolute atomic E-state index is 9.00. The lowest BCUT2D eigenvalue weighted by molar-refractivity contribution is 0.889. The molecule has 0 radical (unpaired) electrons. The number of benzene rings is 1. The molecule has 2 aromatic rings. The van der Waals surface area contributed by atoms with Gasteiger partial charge in [0.05, 0.1) is 11.3 Å². The Kier molecular flexibility index (Phi) is 2.51. The first kappa shape index (κ1) is 9.47. The monoisotopic (exact) mass is 197 g/mol. The second-order valence-electron chi connectivity index (χ2n) is 3.20. The third-order valence-electron chi connectivity index (χ3n) is 2.32. The highest BCUT2D eigenvalue weighted by atomic mass is 15.1. The number of hydrogen-bond donors (Lipinski definition) is 0. The summed E-state index contributed by atoms with van der Waals surface area (Å²) >= 11 is 0. The van der Waals surface area contributed by atoms with Crippen LogP contribution in [0.15, 0.2) is 36.7 Å². The zero-order valence-corrected chi connectivity index (χ0v) is 8.51. The Bertz CT molecular complexity index is 506. The van der Waals surface area contributed by atoms with Crippen LogP contribution in [-0.2, 0) is 6.42 Å². The first-order chi connectivity index (χ1) is 7.36. The molecule has 0 fully saturated rings. The summed E-state index contributed by atoms with van der Waals surface area (Å²) in [5, 5.41) is 9.00. The van der Waals surface area contributed by atoms with E-state index in [1.165, 1.54) is 0 Å². The van der Waals surface area contributed by atoms with Crippen molar-refractivity contribution in [1.82, 2.24) is 9.55 Å². The minimum atomic E-state index is 0.671. The Morgan fingerprint density at radius 1 is 1.40 bits per heavy atom. The SMILES string of the molecule is CCc1nccn1-c1ccccc1C#N. The predicted molar refractivity (Wildman–Crippen MR) is 57.7 cm³/mol. The zero-order chi connectivity index (χ0) is 10.7. The van der Waals surface area contributed by atoms with Crippen molar-refractivity contribution in [1.29, 1.82) is 5.26 Å². The summed E-state index contributed by atoms with van der Waals surface area (Å²) in [6, 6.07) is 9.72.